The van der Waals surface area contributed by atoms with E-state index in [-0.39, 0.29) is 5.41 Å². The number of nitrogens with one attached hydrogen (secondary N) is 2. The second-order valence-corrected chi connectivity index (χ2v) is 8.45. The molecule has 1 aliphatic rings. The Balaban J connectivity index is 1.45. The van der Waals surface area contributed by atoms with Crippen LogP contribution in [0.1, 0.15) is 43.0 Å². The van der Waals surface area contributed by atoms with Crippen molar-refractivity contribution in [2.75, 3.05) is 10.6 Å². The molecule has 1 aliphatic heterocycles. The first-order chi connectivity index (χ1) is 13.0. The first-order valence-corrected chi connectivity index (χ1v) is 9.80. The van der Waals surface area contributed by atoms with Gasteiger partial charge in [-0.3, -0.25) is 0 Å². The van der Waals surface area contributed by atoms with Gasteiger partial charge in [-0.05, 0) is 64.8 Å². The lowest BCUT2D eigenvalue weighted by Gasteiger charge is -2.19. The molecule has 0 spiro atoms. The summed E-state index contributed by atoms with van der Waals surface area (Å²) in [6.07, 6.45) is 2.14. The molecule has 0 bridgehead atoms. The number of fused-ring (bicyclic) bond motifs is 2. The zero-order valence-electron chi connectivity index (χ0n) is 16.5. The lowest BCUT2D eigenvalue weighted by molar-refractivity contribution is 0.590. The molecule has 0 fully saturated rings. The Kier molecular flexibility index (Phi) is 4.65. The minimum atomic E-state index is 0.202. The molecule has 2 heteroatoms. The number of anilines is 3. The lowest BCUT2D eigenvalue weighted by atomic mass is 9.87. The zero-order valence-corrected chi connectivity index (χ0v) is 16.5. The monoisotopic (exact) mass is 356 g/mol. The fourth-order valence-electron chi connectivity index (χ4n) is 3.63. The van der Waals surface area contributed by atoms with E-state index in [2.05, 4.69) is 98.1 Å². The third kappa shape index (κ3) is 4.00. The quantitative estimate of drug-likeness (QED) is 0.564. The van der Waals surface area contributed by atoms with E-state index in [1.807, 2.05) is 0 Å². The van der Waals surface area contributed by atoms with Crippen LogP contribution in [-0.2, 0) is 24.8 Å². The summed E-state index contributed by atoms with van der Waals surface area (Å²) >= 11 is 0. The Labute approximate surface area is 162 Å². The van der Waals surface area contributed by atoms with Crippen LogP contribution in [0.3, 0.4) is 0 Å². The predicted molar refractivity (Wildman–Crippen MR) is 116 cm³/mol. The van der Waals surface area contributed by atoms with Gasteiger partial charge in [0.2, 0.25) is 0 Å². The van der Waals surface area contributed by atoms with Crippen LogP contribution in [0.15, 0.2) is 66.7 Å². The van der Waals surface area contributed by atoms with Crippen LogP contribution in [0, 0.1) is 0 Å². The van der Waals surface area contributed by atoms with Crippen molar-refractivity contribution in [3.05, 3.63) is 89.0 Å². The molecule has 2 nitrogen and oxygen atoms in total. The van der Waals surface area contributed by atoms with Gasteiger partial charge in [0.05, 0.1) is 0 Å². The Hall–Kier alpha value is -2.74. The number of aryl methyl sites for hydroxylation is 2. The Morgan fingerprint density at radius 3 is 2.30 bits per heavy atom. The van der Waals surface area contributed by atoms with E-state index < -0.39 is 0 Å². The maximum Gasteiger partial charge on any atom is 0.0418 e. The highest BCUT2D eigenvalue weighted by Gasteiger charge is 2.14. The van der Waals surface area contributed by atoms with Gasteiger partial charge in [-0.2, -0.15) is 0 Å². The summed E-state index contributed by atoms with van der Waals surface area (Å²) in [5, 5.41) is 7.18. The van der Waals surface area contributed by atoms with E-state index in [9.17, 15) is 0 Å². The Morgan fingerprint density at radius 1 is 0.815 bits per heavy atom. The average Bonchev–Trinajstić information content (AvgIpc) is 2.85. The highest BCUT2D eigenvalue weighted by Crippen LogP contribution is 2.31. The van der Waals surface area contributed by atoms with E-state index in [4.69, 9.17) is 0 Å². The third-order valence-corrected chi connectivity index (χ3v) is 5.37. The van der Waals surface area contributed by atoms with Gasteiger partial charge in [0.15, 0.2) is 0 Å². The second-order valence-electron chi connectivity index (χ2n) is 8.45. The van der Waals surface area contributed by atoms with Crippen molar-refractivity contribution in [3.63, 3.8) is 0 Å². The van der Waals surface area contributed by atoms with E-state index in [1.165, 1.54) is 39.3 Å². The van der Waals surface area contributed by atoms with E-state index >= 15 is 0 Å². The molecule has 0 unspecified atom stereocenters. The van der Waals surface area contributed by atoms with E-state index in [0.29, 0.717) is 0 Å². The summed E-state index contributed by atoms with van der Waals surface area (Å²) < 4.78 is 0. The van der Waals surface area contributed by atoms with Crippen LogP contribution in [0.5, 0.6) is 0 Å². The molecule has 0 saturated heterocycles. The molecule has 2 N–H and O–H groups in total. The summed E-state index contributed by atoms with van der Waals surface area (Å²) in [5.41, 5.74) is 9.29. The average molecular weight is 357 g/mol. The van der Waals surface area contributed by atoms with Crippen LogP contribution < -0.4 is 10.6 Å². The SMILES string of the molecule is CC(C)(C)c1ccc(CNc2ccc3c(c2)CCc2ccccc2N3)cc1. The second kappa shape index (κ2) is 7.11. The maximum atomic E-state index is 3.60. The molecular formula is C25H28N2. The van der Waals surface area contributed by atoms with Gasteiger partial charge in [-0.15, -0.1) is 0 Å². The normalized spacial score (nSPS) is 13.1. The molecule has 0 atom stereocenters. The van der Waals surface area contributed by atoms with Crippen molar-refractivity contribution in [2.24, 2.45) is 0 Å². The predicted octanol–water partition coefficient (Wildman–Crippen LogP) is 6.44. The zero-order chi connectivity index (χ0) is 18.9. The summed E-state index contributed by atoms with van der Waals surface area (Å²) in [7, 11) is 0. The number of hydrogen-bond donors (Lipinski definition) is 2. The fourth-order valence-corrected chi connectivity index (χ4v) is 3.63. The molecular weight excluding hydrogens is 328 g/mol. The highest BCUT2D eigenvalue weighted by molar-refractivity contribution is 5.70. The molecule has 0 aliphatic carbocycles. The maximum absolute atomic E-state index is 3.60. The van der Waals surface area contributed by atoms with Gasteiger partial charge in [0.1, 0.15) is 0 Å². The van der Waals surface area contributed by atoms with Crippen LogP contribution in [0.25, 0.3) is 0 Å². The number of rotatable bonds is 3. The standard InChI is InChI=1S/C25H28N2/c1-25(2,3)21-12-8-18(9-13-21)17-26-22-14-15-24-20(16-22)11-10-19-6-4-5-7-23(19)27-24/h4-9,12-16,26-27H,10-11,17H2,1-3H3. The van der Waals surface area contributed by atoms with Crippen LogP contribution in [0.4, 0.5) is 17.1 Å². The third-order valence-electron chi connectivity index (χ3n) is 5.37. The van der Waals surface area contributed by atoms with Crippen molar-refractivity contribution >= 4 is 17.1 Å². The van der Waals surface area contributed by atoms with Gasteiger partial charge in [-0.1, -0.05) is 63.2 Å². The summed E-state index contributed by atoms with van der Waals surface area (Å²) in [4.78, 5) is 0. The summed E-state index contributed by atoms with van der Waals surface area (Å²) in [6.45, 7) is 7.60. The molecule has 1 heterocycles. The fraction of sp³-hybridized carbons (Fsp3) is 0.280. The van der Waals surface area contributed by atoms with Crippen molar-refractivity contribution in [3.8, 4) is 0 Å². The smallest absolute Gasteiger partial charge is 0.0418 e. The molecule has 0 amide bonds. The minimum Gasteiger partial charge on any atom is -0.381 e. The number of benzene rings is 3. The molecule has 0 aromatic heterocycles. The Bertz CT molecular complexity index is 933. The Morgan fingerprint density at radius 2 is 1.52 bits per heavy atom. The van der Waals surface area contributed by atoms with E-state index in [0.717, 1.165) is 19.4 Å². The van der Waals surface area contributed by atoms with Gasteiger partial charge in [-0.25, -0.2) is 0 Å². The molecule has 3 aromatic carbocycles. The first-order valence-electron chi connectivity index (χ1n) is 9.80. The van der Waals surface area contributed by atoms with Crippen molar-refractivity contribution in [2.45, 2.75) is 45.6 Å². The van der Waals surface area contributed by atoms with Crippen LogP contribution >= 0.6 is 0 Å². The molecule has 0 saturated carbocycles. The van der Waals surface area contributed by atoms with E-state index in [1.54, 1.807) is 0 Å². The van der Waals surface area contributed by atoms with Gasteiger partial charge < -0.3 is 10.6 Å². The van der Waals surface area contributed by atoms with Crippen LogP contribution in [0.2, 0.25) is 0 Å². The molecule has 0 radical (unpaired) electrons. The number of hydrogen-bond acceptors (Lipinski definition) is 2. The van der Waals surface area contributed by atoms with Gasteiger partial charge >= 0.3 is 0 Å². The molecule has 138 valence electrons. The van der Waals surface area contributed by atoms with Crippen LogP contribution in [-0.4, -0.2) is 0 Å². The molecule has 27 heavy (non-hydrogen) atoms. The highest BCUT2D eigenvalue weighted by atomic mass is 14.9. The van der Waals surface area contributed by atoms with Crippen molar-refractivity contribution < 1.29 is 0 Å². The lowest BCUT2D eigenvalue weighted by Crippen LogP contribution is -2.11. The largest absolute Gasteiger partial charge is 0.381 e. The first kappa shape index (κ1) is 17.7. The topological polar surface area (TPSA) is 24.1 Å². The number of para-hydroxylation sites is 1. The van der Waals surface area contributed by atoms with Gasteiger partial charge in [0, 0.05) is 23.6 Å². The molecule has 3 aromatic rings. The minimum absolute atomic E-state index is 0.202. The summed E-state index contributed by atoms with van der Waals surface area (Å²) in [5.74, 6) is 0. The van der Waals surface area contributed by atoms with Crippen molar-refractivity contribution in [1.29, 1.82) is 0 Å². The summed E-state index contributed by atoms with van der Waals surface area (Å²) in [6, 6.07) is 24.2. The molecule has 4 rings (SSSR count). The van der Waals surface area contributed by atoms with Gasteiger partial charge in [0.25, 0.3) is 0 Å². The van der Waals surface area contributed by atoms with Crippen molar-refractivity contribution in [1.82, 2.24) is 0 Å².